The molecule has 0 aliphatic heterocycles. The minimum atomic E-state index is -1.12. The molecule has 0 saturated heterocycles. The number of carboxylic acids is 1. The molecule has 1 aromatic carbocycles. The van der Waals surface area contributed by atoms with Crippen molar-refractivity contribution in [2.45, 2.75) is 38.3 Å². The zero-order chi connectivity index (χ0) is 19.2. The van der Waals surface area contributed by atoms with Gasteiger partial charge in [0.05, 0.1) is 5.92 Å². The van der Waals surface area contributed by atoms with E-state index in [-0.39, 0.29) is 41.2 Å². The summed E-state index contributed by atoms with van der Waals surface area (Å²) in [5.41, 5.74) is 0.937. The molecule has 27 heavy (non-hydrogen) atoms. The molecular weight excluding hydrogens is 370 g/mol. The fourth-order valence-electron chi connectivity index (χ4n) is 3.14. The first kappa shape index (κ1) is 19.1. The second kappa shape index (κ2) is 8.81. The topological polar surface area (TPSA) is 101 Å². The van der Waals surface area contributed by atoms with Crippen molar-refractivity contribution in [1.29, 1.82) is 0 Å². The Labute approximate surface area is 161 Å². The Morgan fingerprint density at radius 1 is 1.19 bits per heavy atom. The number of carbonyl (C=O) groups is 2. The minimum Gasteiger partial charge on any atom is -0.477 e. The summed E-state index contributed by atoms with van der Waals surface area (Å²) in [5.74, 6) is -1.24. The number of benzene rings is 1. The monoisotopic (exact) mass is 389 g/mol. The van der Waals surface area contributed by atoms with E-state index in [1.807, 2.05) is 30.3 Å². The van der Waals surface area contributed by atoms with E-state index >= 15 is 0 Å². The van der Waals surface area contributed by atoms with E-state index in [0.717, 1.165) is 5.56 Å². The number of nitrogens with zero attached hydrogens (tertiary/aromatic N) is 2. The number of hydrogen-bond acceptors (Lipinski definition) is 6. The summed E-state index contributed by atoms with van der Waals surface area (Å²) in [7, 11) is 0. The summed E-state index contributed by atoms with van der Waals surface area (Å²) in [6.07, 6.45) is 3.96. The number of hydrogen-bond donors (Lipinski definition) is 2. The van der Waals surface area contributed by atoms with Crippen molar-refractivity contribution < 1.29 is 19.4 Å². The largest absolute Gasteiger partial charge is 0.477 e. The molecule has 3 rings (SSSR count). The van der Waals surface area contributed by atoms with E-state index in [1.165, 1.54) is 6.20 Å². The lowest BCUT2D eigenvalue weighted by atomic mass is 9.86. The Morgan fingerprint density at radius 2 is 1.89 bits per heavy atom. The SMILES string of the molecule is O=C(O)c1cnc(Cl)nc1NC1CCC(C(=O)OCc2ccccc2)CC1. The molecule has 1 aliphatic rings. The van der Waals surface area contributed by atoms with Crippen molar-refractivity contribution in [3.63, 3.8) is 0 Å². The highest BCUT2D eigenvalue weighted by atomic mass is 35.5. The molecule has 0 unspecified atom stereocenters. The van der Waals surface area contributed by atoms with Gasteiger partial charge in [0.25, 0.3) is 0 Å². The molecule has 0 atom stereocenters. The molecule has 142 valence electrons. The maximum Gasteiger partial charge on any atom is 0.341 e. The zero-order valence-electron chi connectivity index (χ0n) is 14.6. The lowest BCUT2D eigenvalue weighted by Gasteiger charge is -2.28. The predicted octanol–water partition coefficient (Wildman–Crippen LogP) is 3.54. The van der Waals surface area contributed by atoms with Gasteiger partial charge in [-0.3, -0.25) is 4.79 Å². The number of anilines is 1. The van der Waals surface area contributed by atoms with Gasteiger partial charge in [0, 0.05) is 12.2 Å². The number of halogens is 1. The van der Waals surface area contributed by atoms with Crippen LogP contribution in [0.25, 0.3) is 0 Å². The van der Waals surface area contributed by atoms with Crippen molar-refractivity contribution in [3.05, 3.63) is 52.9 Å². The van der Waals surface area contributed by atoms with Crippen LogP contribution in [0.1, 0.15) is 41.6 Å². The van der Waals surface area contributed by atoms with E-state index in [0.29, 0.717) is 25.7 Å². The van der Waals surface area contributed by atoms with Crippen LogP contribution in [0.5, 0.6) is 0 Å². The second-order valence-electron chi connectivity index (χ2n) is 6.49. The molecule has 1 saturated carbocycles. The predicted molar refractivity (Wildman–Crippen MR) is 99.6 cm³/mol. The van der Waals surface area contributed by atoms with Crippen LogP contribution in [0.4, 0.5) is 5.82 Å². The van der Waals surface area contributed by atoms with Gasteiger partial charge >= 0.3 is 11.9 Å². The first-order chi connectivity index (χ1) is 13.0. The van der Waals surface area contributed by atoms with Gasteiger partial charge in [-0.2, -0.15) is 4.98 Å². The van der Waals surface area contributed by atoms with E-state index in [4.69, 9.17) is 16.3 Å². The average Bonchev–Trinajstić information content (AvgIpc) is 2.67. The highest BCUT2D eigenvalue weighted by Crippen LogP contribution is 2.28. The van der Waals surface area contributed by atoms with Crippen LogP contribution in [0, 0.1) is 5.92 Å². The van der Waals surface area contributed by atoms with Gasteiger partial charge in [-0.05, 0) is 42.8 Å². The zero-order valence-corrected chi connectivity index (χ0v) is 15.4. The summed E-state index contributed by atoms with van der Waals surface area (Å²) < 4.78 is 5.41. The normalized spacial score (nSPS) is 19.3. The number of aromatic nitrogens is 2. The molecule has 2 N–H and O–H groups in total. The fourth-order valence-corrected chi connectivity index (χ4v) is 3.27. The highest BCUT2D eigenvalue weighted by Gasteiger charge is 2.28. The number of nitrogens with one attached hydrogen (secondary N) is 1. The Hall–Kier alpha value is -2.67. The molecular formula is C19H20ClN3O4. The molecule has 1 heterocycles. The molecule has 0 spiro atoms. The highest BCUT2D eigenvalue weighted by molar-refractivity contribution is 6.28. The molecule has 1 fully saturated rings. The average molecular weight is 390 g/mol. The number of ether oxygens (including phenoxy) is 1. The number of carbonyl (C=O) groups excluding carboxylic acids is 1. The third kappa shape index (κ3) is 5.17. The first-order valence-corrected chi connectivity index (χ1v) is 9.13. The third-order valence-corrected chi connectivity index (χ3v) is 4.80. The fraction of sp³-hybridized carbons (Fsp3) is 0.368. The van der Waals surface area contributed by atoms with Gasteiger partial charge in [-0.1, -0.05) is 30.3 Å². The maximum atomic E-state index is 12.3. The first-order valence-electron chi connectivity index (χ1n) is 8.76. The van der Waals surface area contributed by atoms with Crippen LogP contribution in [-0.4, -0.2) is 33.1 Å². The Bertz CT molecular complexity index is 808. The van der Waals surface area contributed by atoms with Gasteiger partial charge < -0.3 is 15.2 Å². The quantitative estimate of drug-likeness (QED) is 0.575. The maximum absolute atomic E-state index is 12.3. The van der Waals surface area contributed by atoms with Gasteiger partial charge in [-0.25, -0.2) is 9.78 Å². The molecule has 7 nitrogen and oxygen atoms in total. The number of aromatic carboxylic acids is 1. The van der Waals surface area contributed by atoms with Gasteiger partial charge in [-0.15, -0.1) is 0 Å². The molecule has 1 aromatic heterocycles. The van der Waals surface area contributed by atoms with Crippen LogP contribution < -0.4 is 5.32 Å². The lowest BCUT2D eigenvalue weighted by molar-refractivity contribution is -0.151. The Balaban J connectivity index is 1.51. The van der Waals surface area contributed by atoms with Crippen molar-refractivity contribution >= 4 is 29.4 Å². The molecule has 0 radical (unpaired) electrons. The van der Waals surface area contributed by atoms with Crippen LogP contribution in [0.3, 0.4) is 0 Å². The minimum absolute atomic E-state index is 0.0133. The van der Waals surface area contributed by atoms with Gasteiger partial charge in [0.2, 0.25) is 5.28 Å². The number of rotatable bonds is 6. The van der Waals surface area contributed by atoms with E-state index in [1.54, 1.807) is 0 Å². The third-order valence-electron chi connectivity index (χ3n) is 4.62. The number of esters is 1. The van der Waals surface area contributed by atoms with Crippen LogP contribution in [0.15, 0.2) is 36.5 Å². The van der Waals surface area contributed by atoms with Crippen molar-refractivity contribution in [2.24, 2.45) is 5.92 Å². The van der Waals surface area contributed by atoms with Gasteiger partial charge in [0.15, 0.2) is 0 Å². The molecule has 0 amide bonds. The van der Waals surface area contributed by atoms with Crippen LogP contribution in [0.2, 0.25) is 5.28 Å². The van der Waals surface area contributed by atoms with Gasteiger partial charge in [0.1, 0.15) is 18.0 Å². The summed E-state index contributed by atoms with van der Waals surface area (Å²) in [4.78, 5) is 31.2. The van der Waals surface area contributed by atoms with Crippen molar-refractivity contribution in [2.75, 3.05) is 5.32 Å². The van der Waals surface area contributed by atoms with Crippen LogP contribution >= 0.6 is 11.6 Å². The molecule has 8 heteroatoms. The Kier molecular flexibility index (Phi) is 6.24. The van der Waals surface area contributed by atoms with E-state index in [9.17, 15) is 14.7 Å². The summed E-state index contributed by atoms with van der Waals surface area (Å²) in [5, 5.41) is 12.3. The summed E-state index contributed by atoms with van der Waals surface area (Å²) >= 11 is 5.77. The van der Waals surface area contributed by atoms with Crippen molar-refractivity contribution in [1.82, 2.24) is 9.97 Å². The molecule has 1 aliphatic carbocycles. The van der Waals surface area contributed by atoms with E-state index in [2.05, 4.69) is 15.3 Å². The smallest absolute Gasteiger partial charge is 0.341 e. The summed E-state index contributed by atoms with van der Waals surface area (Å²) in [6.45, 7) is 0.277. The van der Waals surface area contributed by atoms with Crippen LogP contribution in [-0.2, 0) is 16.1 Å². The molecule has 2 aromatic rings. The van der Waals surface area contributed by atoms with Crippen molar-refractivity contribution in [3.8, 4) is 0 Å². The summed E-state index contributed by atoms with van der Waals surface area (Å²) in [6, 6.07) is 9.59. The molecule has 0 bridgehead atoms. The Morgan fingerprint density at radius 3 is 2.56 bits per heavy atom. The lowest BCUT2D eigenvalue weighted by Crippen LogP contribution is -2.31. The standard InChI is InChI=1S/C19H20ClN3O4/c20-19-21-10-15(17(24)25)16(23-19)22-14-8-6-13(7-9-14)18(26)27-11-12-4-2-1-3-5-12/h1-5,10,13-14H,6-9,11H2,(H,24,25)(H,21,22,23). The second-order valence-corrected chi connectivity index (χ2v) is 6.83. The van der Waals surface area contributed by atoms with E-state index < -0.39 is 5.97 Å². The number of carboxylic acid groups (broad SMARTS) is 1.